The van der Waals surface area contributed by atoms with Crippen LogP contribution in [0.5, 0.6) is 0 Å². The molecule has 0 heterocycles. The zero-order chi connectivity index (χ0) is 14.4. The maximum absolute atomic E-state index is 13.1. The number of halogens is 1. The Hall–Kier alpha value is -2.20. The Morgan fingerprint density at radius 2 is 1.90 bits per heavy atom. The smallest absolute Gasteiger partial charge is 0.251 e. The lowest BCUT2D eigenvalue weighted by atomic mass is 10.1. The molecule has 0 bridgehead atoms. The van der Waals surface area contributed by atoms with E-state index in [-0.39, 0.29) is 18.1 Å². The molecule has 0 saturated heterocycles. The molecule has 2 aromatic rings. The van der Waals surface area contributed by atoms with E-state index in [1.165, 1.54) is 24.3 Å². The Bertz CT molecular complexity index is 572. The SMILES string of the molecule is O=C(N[C@H](CO)Cc1ccccc1)c1cccc(F)c1. The summed E-state index contributed by atoms with van der Waals surface area (Å²) in [7, 11) is 0. The van der Waals surface area contributed by atoms with Gasteiger partial charge >= 0.3 is 0 Å². The second-order valence-electron chi connectivity index (χ2n) is 4.55. The summed E-state index contributed by atoms with van der Waals surface area (Å²) >= 11 is 0. The highest BCUT2D eigenvalue weighted by molar-refractivity contribution is 5.94. The van der Waals surface area contributed by atoms with Crippen molar-refractivity contribution in [2.45, 2.75) is 12.5 Å². The van der Waals surface area contributed by atoms with Crippen molar-refractivity contribution in [3.8, 4) is 0 Å². The van der Waals surface area contributed by atoms with E-state index in [4.69, 9.17) is 0 Å². The zero-order valence-electron chi connectivity index (χ0n) is 10.9. The fourth-order valence-electron chi connectivity index (χ4n) is 1.96. The van der Waals surface area contributed by atoms with Gasteiger partial charge in [0.2, 0.25) is 0 Å². The lowest BCUT2D eigenvalue weighted by molar-refractivity contribution is 0.0916. The highest BCUT2D eigenvalue weighted by atomic mass is 19.1. The quantitative estimate of drug-likeness (QED) is 0.877. The highest BCUT2D eigenvalue weighted by Gasteiger charge is 2.13. The van der Waals surface area contributed by atoms with Gasteiger partial charge in [-0.05, 0) is 30.2 Å². The van der Waals surface area contributed by atoms with Crippen molar-refractivity contribution in [3.63, 3.8) is 0 Å². The fraction of sp³-hybridized carbons (Fsp3) is 0.188. The molecule has 0 aromatic heterocycles. The summed E-state index contributed by atoms with van der Waals surface area (Å²) in [6, 6.07) is 14.6. The van der Waals surface area contributed by atoms with Crippen molar-refractivity contribution in [1.29, 1.82) is 0 Å². The molecule has 0 saturated carbocycles. The molecule has 20 heavy (non-hydrogen) atoms. The monoisotopic (exact) mass is 273 g/mol. The first-order valence-corrected chi connectivity index (χ1v) is 6.40. The second kappa shape index (κ2) is 6.82. The number of aliphatic hydroxyl groups is 1. The third kappa shape index (κ3) is 3.90. The van der Waals surface area contributed by atoms with Gasteiger partial charge in [0.15, 0.2) is 0 Å². The van der Waals surface area contributed by atoms with Crippen LogP contribution in [-0.4, -0.2) is 23.7 Å². The number of aliphatic hydroxyl groups excluding tert-OH is 1. The van der Waals surface area contributed by atoms with Crippen LogP contribution in [0.4, 0.5) is 4.39 Å². The van der Waals surface area contributed by atoms with Crippen LogP contribution in [0.1, 0.15) is 15.9 Å². The molecule has 0 spiro atoms. The first-order chi connectivity index (χ1) is 9.69. The molecule has 0 unspecified atom stereocenters. The van der Waals surface area contributed by atoms with Crippen LogP contribution < -0.4 is 5.32 Å². The van der Waals surface area contributed by atoms with Crippen LogP contribution in [0, 0.1) is 5.82 Å². The maximum atomic E-state index is 13.1. The molecule has 1 atom stereocenters. The van der Waals surface area contributed by atoms with Gasteiger partial charge in [-0.3, -0.25) is 4.79 Å². The van der Waals surface area contributed by atoms with Crippen LogP contribution in [0.2, 0.25) is 0 Å². The third-order valence-electron chi connectivity index (χ3n) is 2.97. The highest BCUT2D eigenvalue weighted by Crippen LogP contribution is 2.06. The molecule has 104 valence electrons. The summed E-state index contributed by atoms with van der Waals surface area (Å²) in [4.78, 5) is 12.0. The van der Waals surface area contributed by atoms with Crippen LogP contribution in [-0.2, 0) is 6.42 Å². The number of hydrogen-bond acceptors (Lipinski definition) is 2. The molecule has 0 aliphatic heterocycles. The van der Waals surface area contributed by atoms with E-state index in [9.17, 15) is 14.3 Å². The largest absolute Gasteiger partial charge is 0.394 e. The number of carbonyl (C=O) groups excluding carboxylic acids is 1. The molecule has 2 rings (SSSR count). The van der Waals surface area contributed by atoms with Gasteiger partial charge in [0, 0.05) is 5.56 Å². The minimum absolute atomic E-state index is 0.171. The van der Waals surface area contributed by atoms with E-state index >= 15 is 0 Å². The van der Waals surface area contributed by atoms with E-state index < -0.39 is 11.9 Å². The fourth-order valence-corrected chi connectivity index (χ4v) is 1.96. The molecule has 3 nitrogen and oxygen atoms in total. The number of carbonyl (C=O) groups is 1. The van der Waals surface area contributed by atoms with Crippen LogP contribution in [0.25, 0.3) is 0 Å². The number of benzene rings is 2. The molecule has 0 radical (unpaired) electrons. The third-order valence-corrected chi connectivity index (χ3v) is 2.97. The predicted molar refractivity (Wildman–Crippen MR) is 74.9 cm³/mol. The van der Waals surface area contributed by atoms with Crippen molar-refractivity contribution < 1.29 is 14.3 Å². The summed E-state index contributed by atoms with van der Waals surface area (Å²) in [5.74, 6) is -0.847. The van der Waals surface area contributed by atoms with Crippen molar-refractivity contribution >= 4 is 5.91 Å². The predicted octanol–water partition coefficient (Wildman–Crippen LogP) is 2.16. The van der Waals surface area contributed by atoms with E-state index in [1.807, 2.05) is 30.3 Å². The number of nitrogens with one attached hydrogen (secondary N) is 1. The molecule has 2 aromatic carbocycles. The Kier molecular flexibility index (Phi) is 4.85. The van der Waals surface area contributed by atoms with Crippen molar-refractivity contribution in [3.05, 3.63) is 71.5 Å². The summed E-state index contributed by atoms with van der Waals surface area (Å²) < 4.78 is 13.1. The van der Waals surface area contributed by atoms with Gasteiger partial charge in [-0.2, -0.15) is 0 Å². The van der Waals surface area contributed by atoms with Crippen molar-refractivity contribution in [1.82, 2.24) is 5.32 Å². The lowest BCUT2D eigenvalue weighted by Crippen LogP contribution is -2.39. The normalized spacial score (nSPS) is 11.9. The van der Waals surface area contributed by atoms with E-state index in [1.54, 1.807) is 0 Å². The van der Waals surface area contributed by atoms with Gasteiger partial charge in [-0.15, -0.1) is 0 Å². The first kappa shape index (κ1) is 14.2. The molecule has 0 aliphatic carbocycles. The molecular formula is C16H16FNO2. The van der Waals surface area contributed by atoms with Crippen LogP contribution in [0.15, 0.2) is 54.6 Å². The summed E-state index contributed by atoms with van der Waals surface area (Å²) in [6.07, 6.45) is 0.526. The second-order valence-corrected chi connectivity index (χ2v) is 4.55. The summed E-state index contributed by atoms with van der Waals surface area (Å²) in [5, 5.41) is 12.1. The standard InChI is InChI=1S/C16H16FNO2/c17-14-8-4-7-13(10-14)16(20)18-15(11-19)9-12-5-2-1-3-6-12/h1-8,10,15,19H,9,11H2,(H,18,20)/t15-/m0/s1. The topological polar surface area (TPSA) is 49.3 Å². The summed E-state index contributed by atoms with van der Waals surface area (Å²) in [6.45, 7) is -0.171. The van der Waals surface area contributed by atoms with E-state index in [0.717, 1.165) is 5.56 Å². The molecular weight excluding hydrogens is 257 g/mol. The minimum atomic E-state index is -0.457. The van der Waals surface area contributed by atoms with Gasteiger partial charge in [0.1, 0.15) is 5.82 Å². The maximum Gasteiger partial charge on any atom is 0.251 e. The van der Waals surface area contributed by atoms with E-state index in [2.05, 4.69) is 5.32 Å². The van der Waals surface area contributed by atoms with Gasteiger partial charge < -0.3 is 10.4 Å². The van der Waals surface area contributed by atoms with Crippen molar-refractivity contribution in [2.24, 2.45) is 0 Å². The Balaban J connectivity index is 2.01. The molecule has 0 aliphatic rings. The molecule has 1 amide bonds. The van der Waals surface area contributed by atoms with Crippen LogP contribution >= 0.6 is 0 Å². The number of rotatable bonds is 5. The number of hydrogen-bond donors (Lipinski definition) is 2. The molecule has 0 fully saturated rings. The van der Waals surface area contributed by atoms with Crippen LogP contribution in [0.3, 0.4) is 0 Å². The van der Waals surface area contributed by atoms with Gasteiger partial charge in [0.25, 0.3) is 5.91 Å². The van der Waals surface area contributed by atoms with E-state index in [0.29, 0.717) is 6.42 Å². The molecule has 4 heteroatoms. The first-order valence-electron chi connectivity index (χ1n) is 6.40. The van der Waals surface area contributed by atoms with Gasteiger partial charge in [-0.25, -0.2) is 4.39 Å². The van der Waals surface area contributed by atoms with Gasteiger partial charge in [0.05, 0.1) is 12.6 Å². The lowest BCUT2D eigenvalue weighted by Gasteiger charge is -2.16. The average Bonchev–Trinajstić information content (AvgIpc) is 2.47. The average molecular weight is 273 g/mol. The van der Waals surface area contributed by atoms with Gasteiger partial charge in [-0.1, -0.05) is 36.4 Å². The van der Waals surface area contributed by atoms with Crippen molar-refractivity contribution in [2.75, 3.05) is 6.61 Å². The minimum Gasteiger partial charge on any atom is -0.394 e. The molecule has 2 N–H and O–H groups in total. The Morgan fingerprint density at radius 3 is 2.55 bits per heavy atom. The Labute approximate surface area is 117 Å². The summed E-state index contributed by atoms with van der Waals surface area (Å²) in [5.41, 5.74) is 1.27. The number of amides is 1. The zero-order valence-corrected chi connectivity index (χ0v) is 10.9. The Morgan fingerprint density at radius 1 is 1.15 bits per heavy atom.